The molecule has 22 heavy (non-hydrogen) atoms. The van der Waals surface area contributed by atoms with Crippen molar-refractivity contribution in [2.75, 3.05) is 6.61 Å². The van der Waals surface area contributed by atoms with E-state index >= 15 is 0 Å². The molecule has 1 aromatic carbocycles. The summed E-state index contributed by atoms with van der Waals surface area (Å²) < 4.78 is 11.4. The van der Waals surface area contributed by atoms with Crippen molar-refractivity contribution in [1.29, 1.82) is 0 Å². The van der Waals surface area contributed by atoms with E-state index in [-0.39, 0.29) is 12.4 Å². The Kier molecular flexibility index (Phi) is 4.86. The smallest absolute Gasteiger partial charge is 0.339 e. The van der Waals surface area contributed by atoms with Crippen LogP contribution in [0.5, 0.6) is 0 Å². The molecule has 1 heterocycles. The molecule has 0 N–H and O–H groups in total. The second-order valence-electron chi connectivity index (χ2n) is 5.88. The maximum Gasteiger partial charge on any atom is 0.339 e. The van der Waals surface area contributed by atoms with E-state index in [1.54, 1.807) is 6.92 Å². The lowest BCUT2D eigenvalue weighted by molar-refractivity contribution is -0.153. The van der Waals surface area contributed by atoms with Crippen molar-refractivity contribution >= 4 is 33.4 Å². The minimum absolute atomic E-state index is 0.0742. The number of benzene rings is 1. The Morgan fingerprint density at radius 2 is 1.86 bits per heavy atom. The fourth-order valence-electron chi connectivity index (χ4n) is 2.16. The van der Waals surface area contributed by atoms with Crippen molar-refractivity contribution in [2.24, 2.45) is 0 Å². The minimum atomic E-state index is -0.544. The molecule has 0 fully saturated rings. The molecule has 0 saturated carbocycles. The Morgan fingerprint density at radius 3 is 2.50 bits per heavy atom. The summed E-state index contributed by atoms with van der Waals surface area (Å²) in [7, 11) is 0. The van der Waals surface area contributed by atoms with E-state index in [0.29, 0.717) is 17.0 Å². The van der Waals surface area contributed by atoms with Gasteiger partial charge in [0.05, 0.1) is 18.6 Å². The van der Waals surface area contributed by atoms with Crippen LogP contribution in [0.2, 0.25) is 0 Å². The summed E-state index contributed by atoms with van der Waals surface area (Å²) >= 11 is 1.43. The summed E-state index contributed by atoms with van der Waals surface area (Å²) in [6.07, 6.45) is 0.0742. The average molecular weight is 320 g/mol. The van der Waals surface area contributed by atoms with Crippen molar-refractivity contribution in [1.82, 2.24) is 0 Å². The molecule has 0 aliphatic heterocycles. The molecule has 2 aromatic rings. The Labute approximate surface area is 134 Å². The molecule has 0 bridgehead atoms. The molecule has 0 radical (unpaired) electrons. The fraction of sp³-hybridized carbons (Fsp3) is 0.412. The van der Waals surface area contributed by atoms with Gasteiger partial charge >= 0.3 is 11.9 Å². The number of carbonyl (C=O) groups excluding carboxylic acids is 2. The number of hydrogen-bond acceptors (Lipinski definition) is 5. The molecular formula is C17H20O4S. The van der Waals surface area contributed by atoms with Crippen LogP contribution in [-0.4, -0.2) is 24.1 Å². The maximum atomic E-state index is 12.2. The van der Waals surface area contributed by atoms with Crippen molar-refractivity contribution in [3.63, 3.8) is 0 Å². The van der Waals surface area contributed by atoms with Gasteiger partial charge < -0.3 is 9.47 Å². The first-order chi connectivity index (χ1) is 10.3. The summed E-state index contributed by atoms with van der Waals surface area (Å²) in [5.74, 6) is -0.733. The first-order valence-electron chi connectivity index (χ1n) is 7.21. The summed E-state index contributed by atoms with van der Waals surface area (Å²) in [5.41, 5.74) is -0.0639. The van der Waals surface area contributed by atoms with Crippen LogP contribution in [0.4, 0.5) is 0 Å². The third-order valence-electron chi connectivity index (χ3n) is 2.87. The zero-order chi connectivity index (χ0) is 16.3. The molecule has 118 valence electrons. The van der Waals surface area contributed by atoms with Gasteiger partial charge in [0.1, 0.15) is 5.60 Å². The molecule has 0 atom stereocenters. The quantitative estimate of drug-likeness (QED) is 0.800. The topological polar surface area (TPSA) is 52.6 Å². The largest absolute Gasteiger partial charge is 0.462 e. The van der Waals surface area contributed by atoms with Gasteiger partial charge in [0, 0.05) is 15.0 Å². The first kappa shape index (κ1) is 16.5. The number of carbonyl (C=O) groups is 2. The molecule has 0 aliphatic rings. The highest BCUT2D eigenvalue weighted by Crippen LogP contribution is 2.32. The van der Waals surface area contributed by atoms with E-state index in [1.165, 1.54) is 11.3 Å². The number of hydrogen-bond donors (Lipinski definition) is 0. The van der Waals surface area contributed by atoms with Gasteiger partial charge in [-0.25, -0.2) is 4.79 Å². The fourth-order valence-corrected chi connectivity index (χ4v) is 3.33. The van der Waals surface area contributed by atoms with Gasteiger partial charge in [0.2, 0.25) is 0 Å². The number of esters is 2. The number of rotatable bonds is 4. The van der Waals surface area contributed by atoms with Gasteiger partial charge in [0.25, 0.3) is 0 Å². The molecule has 0 unspecified atom stereocenters. The Morgan fingerprint density at radius 1 is 1.18 bits per heavy atom. The maximum absolute atomic E-state index is 12.2. The van der Waals surface area contributed by atoms with Crippen molar-refractivity contribution in [3.8, 4) is 0 Å². The number of fused-ring (bicyclic) bond motifs is 1. The second-order valence-corrected chi connectivity index (χ2v) is 7.02. The van der Waals surface area contributed by atoms with Crippen LogP contribution >= 0.6 is 11.3 Å². The van der Waals surface area contributed by atoms with Gasteiger partial charge in [-0.1, -0.05) is 18.2 Å². The molecule has 2 rings (SSSR count). The van der Waals surface area contributed by atoms with E-state index in [1.807, 2.05) is 45.0 Å². The molecule has 0 saturated heterocycles. The van der Waals surface area contributed by atoms with E-state index in [0.717, 1.165) is 10.1 Å². The van der Waals surface area contributed by atoms with Gasteiger partial charge in [0.15, 0.2) is 0 Å². The van der Waals surface area contributed by atoms with E-state index in [4.69, 9.17) is 9.47 Å². The molecule has 1 aromatic heterocycles. The van der Waals surface area contributed by atoms with Crippen LogP contribution < -0.4 is 0 Å². The Hall–Kier alpha value is -1.88. The monoisotopic (exact) mass is 320 g/mol. The minimum Gasteiger partial charge on any atom is -0.462 e. The lowest BCUT2D eigenvalue weighted by atomic mass is 10.1. The SMILES string of the molecule is CCOC(=O)c1c(CC(=O)OC(C)(C)C)sc2ccccc12. The second kappa shape index (κ2) is 6.48. The van der Waals surface area contributed by atoms with Crippen LogP contribution in [0.1, 0.15) is 42.9 Å². The lowest BCUT2D eigenvalue weighted by Gasteiger charge is -2.19. The van der Waals surface area contributed by atoms with Crippen LogP contribution in [-0.2, 0) is 20.7 Å². The van der Waals surface area contributed by atoms with Crippen LogP contribution in [0, 0.1) is 0 Å². The Bertz CT molecular complexity index is 694. The highest BCUT2D eigenvalue weighted by atomic mass is 32.1. The van der Waals surface area contributed by atoms with E-state index in [2.05, 4.69) is 0 Å². The standard InChI is InChI=1S/C17H20O4S/c1-5-20-16(19)15-11-8-6-7-9-12(11)22-13(15)10-14(18)21-17(2,3)4/h6-9H,5,10H2,1-4H3. The van der Waals surface area contributed by atoms with Crippen LogP contribution in [0.3, 0.4) is 0 Å². The van der Waals surface area contributed by atoms with Crippen molar-refractivity contribution in [2.45, 2.75) is 39.7 Å². The Balaban J connectivity index is 2.38. The van der Waals surface area contributed by atoms with Crippen LogP contribution in [0.25, 0.3) is 10.1 Å². The van der Waals surface area contributed by atoms with Crippen molar-refractivity contribution < 1.29 is 19.1 Å². The van der Waals surface area contributed by atoms with Crippen molar-refractivity contribution in [3.05, 3.63) is 34.7 Å². The third kappa shape index (κ3) is 3.85. The number of ether oxygens (including phenoxy) is 2. The average Bonchev–Trinajstić information content (AvgIpc) is 2.74. The van der Waals surface area contributed by atoms with Gasteiger partial charge in [-0.15, -0.1) is 11.3 Å². The van der Waals surface area contributed by atoms with Gasteiger partial charge in [-0.3, -0.25) is 4.79 Å². The highest BCUT2D eigenvalue weighted by Gasteiger charge is 2.24. The van der Waals surface area contributed by atoms with Gasteiger partial charge in [-0.05, 0) is 33.8 Å². The zero-order valence-corrected chi connectivity index (χ0v) is 14.1. The predicted molar refractivity (Wildman–Crippen MR) is 87.3 cm³/mol. The molecular weight excluding hydrogens is 300 g/mol. The zero-order valence-electron chi connectivity index (χ0n) is 13.3. The normalized spacial score (nSPS) is 11.5. The molecule has 0 spiro atoms. The van der Waals surface area contributed by atoms with E-state index in [9.17, 15) is 9.59 Å². The predicted octanol–water partition coefficient (Wildman–Crippen LogP) is 3.96. The third-order valence-corrected chi connectivity index (χ3v) is 4.04. The summed E-state index contributed by atoms with van der Waals surface area (Å²) in [4.78, 5) is 25.0. The molecule has 0 amide bonds. The van der Waals surface area contributed by atoms with Gasteiger partial charge in [-0.2, -0.15) is 0 Å². The molecule has 4 nitrogen and oxygen atoms in total. The summed E-state index contributed by atoms with van der Waals surface area (Å²) in [6.45, 7) is 7.53. The summed E-state index contributed by atoms with van der Waals surface area (Å²) in [6, 6.07) is 7.58. The summed E-state index contributed by atoms with van der Waals surface area (Å²) in [5, 5.41) is 0.824. The van der Waals surface area contributed by atoms with Crippen LogP contribution in [0.15, 0.2) is 24.3 Å². The molecule has 5 heteroatoms. The first-order valence-corrected chi connectivity index (χ1v) is 8.03. The number of thiophene rings is 1. The molecule has 0 aliphatic carbocycles. The van der Waals surface area contributed by atoms with E-state index < -0.39 is 11.6 Å². The lowest BCUT2D eigenvalue weighted by Crippen LogP contribution is -2.25. The highest BCUT2D eigenvalue weighted by molar-refractivity contribution is 7.19.